The molecule has 0 amide bonds. The molecule has 0 aliphatic carbocycles. The smallest absolute Gasteiger partial charge is 0.191 e. The van der Waals surface area contributed by atoms with Crippen molar-refractivity contribution in [1.29, 1.82) is 0 Å². The summed E-state index contributed by atoms with van der Waals surface area (Å²) in [6.45, 7) is 5.78. The van der Waals surface area contributed by atoms with Crippen molar-refractivity contribution in [2.24, 2.45) is 4.99 Å². The summed E-state index contributed by atoms with van der Waals surface area (Å²) < 4.78 is 7.74. The lowest BCUT2D eigenvalue weighted by molar-refractivity contribution is 0.117. The van der Waals surface area contributed by atoms with Crippen LogP contribution in [0.5, 0.6) is 0 Å². The van der Waals surface area contributed by atoms with Gasteiger partial charge in [0.25, 0.3) is 0 Å². The van der Waals surface area contributed by atoms with E-state index in [1.807, 2.05) is 12.1 Å². The minimum absolute atomic E-state index is 0.212. The number of aryl methyl sites for hydroxylation is 1. The second-order valence-electron chi connectivity index (χ2n) is 6.96. The molecule has 1 aromatic carbocycles. The maximum atomic E-state index is 6.27. The van der Waals surface area contributed by atoms with E-state index >= 15 is 0 Å². The topological polar surface area (TPSA) is 76.4 Å². The summed E-state index contributed by atoms with van der Waals surface area (Å²) in [5.74, 6) is 1.76. The number of ether oxygens (including phenoxy) is 1. The number of aliphatic imine (C=N–C) groups is 1. The summed E-state index contributed by atoms with van der Waals surface area (Å²) in [4.78, 5) is 4.71. The third-order valence-electron chi connectivity index (χ3n) is 4.84. The molecule has 1 fully saturated rings. The average molecular weight is 439 g/mol. The summed E-state index contributed by atoms with van der Waals surface area (Å²) in [5.41, 5.74) is 1.05. The summed E-state index contributed by atoms with van der Waals surface area (Å²) in [7, 11) is 0. The van der Waals surface area contributed by atoms with Crippen molar-refractivity contribution in [1.82, 2.24) is 25.4 Å². The molecule has 1 aliphatic rings. The average Bonchev–Trinajstić information content (AvgIpc) is 3.38. The molecule has 3 rings (SSSR count). The molecule has 158 valence electrons. The van der Waals surface area contributed by atoms with Crippen LogP contribution < -0.4 is 10.6 Å². The Morgan fingerprint density at radius 3 is 2.93 bits per heavy atom. The van der Waals surface area contributed by atoms with Gasteiger partial charge in [-0.15, -0.1) is 10.2 Å². The summed E-state index contributed by atoms with van der Waals surface area (Å²) in [6.07, 6.45) is 5.79. The molecule has 7 nitrogen and oxygen atoms in total. The van der Waals surface area contributed by atoms with Crippen LogP contribution in [0.2, 0.25) is 10.0 Å². The second kappa shape index (κ2) is 11.4. The number of hydrogen-bond donors (Lipinski definition) is 2. The molecule has 1 unspecified atom stereocenters. The Morgan fingerprint density at radius 2 is 2.17 bits per heavy atom. The molecule has 2 aromatic rings. The zero-order chi connectivity index (χ0) is 20.5. The molecule has 0 spiro atoms. The molecule has 0 saturated carbocycles. The van der Waals surface area contributed by atoms with Crippen LogP contribution in [0, 0.1) is 0 Å². The zero-order valence-electron chi connectivity index (χ0n) is 16.7. The number of halogens is 2. The Balaban J connectivity index is 1.52. The number of rotatable bonds is 9. The predicted molar refractivity (Wildman–Crippen MR) is 117 cm³/mol. The lowest BCUT2D eigenvalue weighted by Crippen LogP contribution is -2.40. The van der Waals surface area contributed by atoms with Gasteiger partial charge >= 0.3 is 0 Å². The van der Waals surface area contributed by atoms with Crippen molar-refractivity contribution in [3.63, 3.8) is 0 Å². The van der Waals surface area contributed by atoms with Crippen LogP contribution in [-0.2, 0) is 24.1 Å². The molecular weight excluding hydrogens is 411 g/mol. The summed E-state index contributed by atoms with van der Waals surface area (Å²) >= 11 is 12.2. The van der Waals surface area contributed by atoms with Crippen molar-refractivity contribution < 1.29 is 4.74 Å². The standard InChI is InChI=1S/C20H28Cl2N6O/c1-2-19-27-26-14-28(19)10-9-24-20(25-13-17-4-3-11-29-17)23-8-7-15-5-6-16(21)12-18(15)22/h5-6,12,14,17H,2-4,7-11,13H2,1H3,(H2,23,24,25). The van der Waals surface area contributed by atoms with Crippen molar-refractivity contribution in [2.75, 3.05) is 26.2 Å². The maximum Gasteiger partial charge on any atom is 0.191 e. The van der Waals surface area contributed by atoms with Gasteiger partial charge in [-0.25, -0.2) is 0 Å². The Labute approximate surface area is 181 Å². The molecule has 1 aliphatic heterocycles. The van der Waals surface area contributed by atoms with Crippen molar-refractivity contribution in [3.05, 3.63) is 46.0 Å². The van der Waals surface area contributed by atoms with E-state index in [0.717, 1.165) is 62.7 Å². The third kappa shape index (κ3) is 6.87. The predicted octanol–water partition coefficient (Wildman–Crippen LogP) is 3.10. The number of hydrogen-bond acceptors (Lipinski definition) is 4. The highest BCUT2D eigenvalue weighted by Gasteiger charge is 2.15. The van der Waals surface area contributed by atoms with E-state index in [1.165, 1.54) is 0 Å². The van der Waals surface area contributed by atoms with Crippen LogP contribution in [0.25, 0.3) is 0 Å². The molecule has 0 bridgehead atoms. The Kier molecular flexibility index (Phi) is 8.58. The Hall–Kier alpha value is -1.83. The molecule has 1 aromatic heterocycles. The van der Waals surface area contributed by atoms with Gasteiger partial charge in [-0.3, -0.25) is 4.99 Å². The lowest BCUT2D eigenvalue weighted by Gasteiger charge is -2.15. The Bertz CT molecular complexity index is 804. The SMILES string of the molecule is CCc1nncn1CCNC(=NCC1CCCO1)NCCc1ccc(Cl)cc1Cl. The number of aromatic nitrogens is 3. The van der Waals surface area contributed by atoms with Crippen LogP contribution in [0.3, 0.4) is 0 Å². The first-order valence-corrected chi connectivity index (χ1v) is 10.9. The monoisotopic (exact) mass is 438 g/mol. The van der Waals surface area contributed by atoms with Crippen LogP contribution in [-0.4, -0.2) is 53.1 Å². The second-order valence-corrected chi connectivity index (χ2v) is 7.80. The van der Waals surface area contributed by atoms with Gasteiger partial charge in [-0.05, 0) is 37.0 Å². The molecule has 1 atom stereocenters. The lowest BCUT2D eigenvalue weighted by atomic mass is 10.1. The highest BCUT2D eigenvalue weighted by atomic mass is 35.5. The van der Waals surface area contributed by atoms with Gasteiger partial charge in [-0.1, -0.05) is 36.2 Å². The number of guanidine groups is 1. The van der Waals surface area contributed by atoms with E-state index in [2.05, 4.69) is 32.3 Å². The summed E-state index contributed by atoms with van der Waals surface area (Å²) in [6, 6.07) is 5.59. The highest BCUT2D eigenvalue weighted by molar-refractivity contribution is 6.35. The largest absolute Gasteiger partial charge is 0.376 e. The van der Waals surface area contributed by atoms with Gasteiger partial charge < -0.3 is 19.9 Å². The Morgan fingerprint density at radius 1 is 1.31 bits per heavy atom. The molecule has 9 heteroatoms. The maximum absolute atomic E-state index is 6.27. The first-order chi connectivity index (χ1) is 14.2. The van der Waals surface area contributed by atoms with E-state index in [9.17, 15) is 0 Å². The molecular formula is C20H28Cl2N6O. The van der Waals surface area contributed by atoms with Crippen LogP contribution in [0.15, 0.2) is 29.5 Å². The third-order valence-corrected chi connectivity index (χ3v) is 5.42. The first kappa shape index (κ1) is 21.9. The van der Waals surface area contributed by atoms with E-state index in [-0.39, 0.29) is 6.10 Å². The van der Waals surface area contributed by atoms with E-state index in [4.69, 9.17) is 32.9 Å². The quantitative estimate of drug-likeness (QED) is 0.464. The zero-order valence-corrected chi connectivity index (χ0v) is 18.2. The molecule has 2 N–H and O–H groups in total. The van der Waals surface area contributed by atoms with Gasteiger partial charge in [0.2, 0.25) is 0 Å². The first-order valence-electron chi connectivity index (χ1n) is 10.1. The van der Waals surface area contributed by atoms with E-state index in [1.54, 1.807) is 12.4 Å². The van der Waals surface area contributed by atoms with Crippen molar-refractivity contribution >= 4 is 29.2 Å². The van der Waals surface area contributed by atoms with Gasteiger partial charge in [0, 0.05) is 42.7 Å². The highest BCUT2D eigenvalue weighted by Crippen LogP contribution is 2.21. The minimum atomic E-state index is 0.212. The van der Waals surface area contributed by atoms with Gasteiger partial charge in [0.05, 0.1) is 12.6 Å². The molecule has 2 heterocycles. The van der Waals surface area contributed by atoms with Crippen molar-refractivity contribution in [3.8, 4) is 0 Å². The number of nitrogens with zero attached hydrogens (tertiary/aromatic N) is 4. The van der Waals surface area contributed by atoms with Crippen LogP contribution in [0.4, 0.5) is 0 Å². The fourth-order valence-electron chi connectivity index (χ4n) is 3.23. The number of benzene rings is 1. The molecule has 0 radical (unpaired) electrons. The molecule has 29 heavy (non-hydrogen) atoms. The minimum Gasteiger partial charge on any atom is -0.376 e. The fraction of sp³-hybridized carbons (Fsp3) is 0.550. The fourth-order valence-corrected chi connectivity index (χ4v) is 3.73. The van der Waals surface area contributed by atoms with Gasteiger partial charge in [0.15, 0.2) is 5.96 Å². The van der Waals surface area contributed by atoms with Crippen LogP contribution >= 0.6 is 23.2 Å². The van der Waals surface area contributed by atoms with E-state index < -0.39 is 0 Å². The van der Waals surface area contributed by atoms with E-state index in [0.29, 0.717) is 23.1 Å². The van der Waals surface area contributed by atoms with Gasteiger partial charge in [0.1, 0.15) is 12.2 Å². The van der Waals surface area contributed by atoms with Crippen LogP contribution in [0.1, 0.15) is 31.2 Å². The normalized spacial score (nSPS) is 16.9. The van der Waals surface area contributed by atoms with Crippen molar-refractivity contribution in [2.45, 2.75) is 45.3 Å². The summed E-state index contributed by atoms with van der Waals surface area (Å²) in [5, 5.41) is 16.2. The van der Waals surface area contributed by atoms with Gasteiger partial charge in [-0.2, -0.15) is 0 Å². The molecule has 1 saturated heterocycles. The number of nitrogens with one attached hydrogen (secondary N) is 2.